The van der Waals surface area contributed by atoms with Gasteiger partial charge < -0.3 is 19.4 Å². The number of nitrogens with zero attached hydrogens (tertiary/aromatic N) is 1. The molecular weight excluding hydrogens is 352 g/mol. The summed E-state index contributed by atoms with van der Waals surface area (Å²) in [6, 6.07) is 17.4. The molecule has 0 spiro atoms. The quantitative estimate of drug-likeness (QED) is 0.619. The number of aryl methyl sites for hydroxylation is 1. The fourth-order valence-electron chi connectivity index (χ4n) is 3.30. The molecule has 0 aliphatic rings. The van der Waals surface area contributed by atoms with E-state index in [1.165, 1.54) is 0 Å². The summed E-state index contributed by atoms with van der Waals surface area (Å²) in [5, 5.41) is 2.99. The first-order valence-corrected chi connectivity index (χ1v) is 9.50. The van der Waals surface area contributed by atoms with E-state index in [1.54, 1.807) is 6.07 Å². The Hall–Kier alpha value is -3.21. The Morgan fingerprint density at radius 3 is 2.36 bits per heavy atom. The maximum absolute atomic E-state index is 13.0. The molecule has 0 radical (unpaired) electrons. The highest BCUT2D eigenvalue weighted by Crippen LogP contribution is 2.30. The molecule has 0 unspecified atom stereocenters. The summed E-state index contributed by atoms with van der Waals surface area (Å²) in [6.45, 7) is 8.86. The number of hydrogen-bond donors (Lipinski definition) is 1. The summed E-state index contributed by atoms with van der Waals surface area (Å²) in [4.78, 5) is 13.0. The van der Waals surface area contributed by atoms with Crippen molar-refractivity contribution < 1.29 is 14.3 Å². The molecule has 0 atom stereocenters. The van der Waals surface area contributed by atoms with Crippen molar-refractivity contribution in [3.05, 3.63) is 71.5 Å². The second kappa shape index (κ2) is 8.65. The Bertz CT molecular complexity index is 961. The highest BCUT2D eigenvalue weighted by Gasteiger charge is 2.18. The molecule has 0 bridgehead atoms. The predicted octanol–water partition coefficient (Wildman–Crippen LogP) is 5.14. The van der Waals surface area contributed by atoms with Gasteiger partial charge in [0.25, 0.3) is 5.91 Å². The number of carbonyl (C=O) groups is 1. The maximum Gasteiger partial charge on any atom is 0.257 e. The zero-order valence-corrected chi connectivity index (χ0v) is 16.8. The van der Waals surface area contributed by atoms with E-state index >= 15 is 0 Å². The van der Waals surface area contributed by atoms with Crippen molar-refractivity contribution in [3.63, 3.8) is 0 Å². The van der Waals surface area contributed by atoms with Crippen molar-refractivity contribution in [3.8, 4) is 17.2 Å². The molecule has 0 saturated heterocycles. The zero-order chi connectivity index (χ0) is 20.1. The van der Waals surface area contributed by atoms with Crippen LogP contribution in [0.3, 0.4) is 0 Å². The average molecular weight is 378 g/mol. The lowest BCUT2D eigenvalue weighted by Gasteiger charge is -2.14. The summed E-state index contributed by atoms with van der Waals surface area (Å²) in [6.07, 6.45) is 0. The molecule has 1 aromatic heterocycles. The normalized spacial score (nSPS) is 10.6. The number of ether oxygens (including phenoxy) is 2. The molecule has 1 amide bonds. The van der Waals surface area contributed by atoms with Crippen molar-refractivity contribution in [2.45, 2.75) is 27.7 Å². The van der Waals surface area contributed by atoms with Gasteiger partial charge in [0.15, 0.2) is 0 Å². The molecule has 5 nitrogen and oxygen atoms in total. The van der Waals surface area contributed by atoms with E-state index in [0.717, 1.165) is 17.1 Å². The first-order chi connectivity index (χ1) is 13.5. The number of para-hydroxylation sites is 1. The Morgan fingerprint density at radius 1 is 0.964 bits per heavy atom. The van der Waals surface area contributed by atoms with Gasteiger partial charge in [0.05, 0.1) is 24.5 Å². The molecule has 0 aliphatic carbocycles. The molecule has 5 heteroatoms. The van der Waals surface area contributed by atoms with Crippen molar-refractivity contribution in [1.29, 1.82) is 0 Å². The van der Waals surface area contributed by atoms with E-state index in [4.69, 9.17) is 9.47 Å². The van der Waals surface area contributed by atoms with E-state index in [1.807, 2.05) is 76.2 Å². The third-order valence-electron chi connectivity index (χ3n) is 4.50. The van der Waals surface area contributed by atoms with E-state index in [9.17, 15) is 4.79 Å². The largest absolute Gasteiger partial charge is 0.494 e. The van der Waals surface area contributed by atoms with Crippen LogP contribution < -0.4 is 14.8 Å². The molecule has 1 heterocycles. The third-order valence-corrected chi connectivity index (χ3v) is 4.50. The van der Waals surface area contributed by atoms with Gasteiger partial charge in [-0.3, -0.25) is 4.79 Å². The van der Waals surface area contributed by atoms with E-state index in [2.05, 4.69) is 9.88 Å². The summed E-state index contributed by atoms with van der Waals surface area (Å²) in [5.41, 5.74) is 4.15. The monoisotopic (exact) mass is 378 g/mol. The van der Waals surface area contributed by atoms with E-state index in [0.29, 0.717) is 36.0 Å². The Morgan fingerprint density at radius 2 is 1.68 bits per heavy atom. The summed E-state index contributed by atoms with van der Waals surface area (Å²) >= 11 is 0. The van der Waals surface area contributed by atoms with Crippen LogP contribution in [0.5, 0.6) is 11.5 Å². The molecule has 0 saturated carbocycles. The number of benzene rings is 2. The van der Waals surface area contributed by atoms with Crippen LogP contribution in [0.1, 0.15) is 35.6 Å². The summed E-state index contributed by atoms with van der Waals surface area (Å²) in [5.74, 6) is 1.14. The summed E-state index contributed by atoms with van der Waals surface area (Å²) in [7, 11) is 0. The molecule has 1 N–H and O–H groups in total. The molecule has 0 fully saturated rings. The van der Waals surface area contributed by atoms with Crippen molar-refractivity contribution >= 4 is 11.6 Å². The van der Waals surface area contributed by atoms with Crippen molar-refractivity contribution in [2.75, 3.05) is 18.5 Å². The first kappa shape index (κ1) is 19.5. The lowest BCUT2D eigenvalue weighted by atomic mass is 10.2. The molecule has 3 aromatic rings. The van der Waals surface area contributed by atoms with Crippen molar-refractivity contribution in [1.82, 2.24) is 4.57 Å². The minimum atomic E-state index is -0.176. The van der Waals surface area contributed by atoms with Crippen LogP contribution in [0.2, 0.25) is 0 Å². The van der Waals surface area contributed by atoms with Crippen LogP contribution in [0.15, 0.2) is 54.6 Å². The summed E-state index contributed by atoms with van der Waals surface area (Å²) < 4.78 is 13.3. The Labute approximate surface area is 165 Å². The van der Waals surface area contributed by atoms with Crippen LogP contribution in [0, 0.1) is 13.8 Å². The first-order valence-electron chi connectivity index (χ1n) is 9.50. The molecule has 0 aliphatic heterocycles. The van der Waals surface area contributed by atoms with Crippen LogP contribution in [-0.2, 0) is 0 Å². The SMILES string of the molecule is CCOc1ccc(OCC)c(NC(=O)c2cc(C)n(-c3ccccc3)c2C)c1. The second-order valence-corrected chi connectivity index (χ2v) is 6.43. The fourth-order valence-corrected chi connectivity index (χ4v) is 3.30. The lowest BCUT2D eigenvalue weighted by molar-refractivity contribution is 0.102. The van der Waals surface area contributed by atoms with Gasteiger partial charge in [-0.25, -0.2) is 0 Å². The molecule has 28 heavy (non-hydrogen) atoms. The van der Waals surface area contributed by atoms with Gasteiger partial charge in [0.2, 0.25) is 0 Å². The van der Waals surface area contributed by atoms with Gasteiger partial charge >= 0.3 is 0 Å². The van der Waals surface area contributed by atoms with Gasteiger partial charge in [-0.1, -0.05) is 18.2 Å². The number of hydrogen-bond acceptors (Lipinski definition) is 3. The van der Waals surface area contributed by atoms with Gasteiger partial charge in [-0.2, -0.15) is 0 Å². The smallest absolute Gasteiger partial charge is 0.257 e. The number of nitrogens with one attached hydrogen (secondary N) is 1. The number of rotatable bonds is 7. The molecule has 3 rings (SSSR count). The third kappa shape index (κ3) is 4.03. The Kier molecular flexibility index (Phi) is 6.04. The van der Waals surface area contributed by atoms with Crippen LogP contribution in [-0.4, -0.2) is 23.7 Å². The minimum absolute atomic E-state index is 0.176. The molecule has 146 valence electrons. The average Bonchev–Trinajstić information content (AvgIpc) is 2.99. The predicted molar refractivity (Wildman–Crippen MR) is 112 cm³/mol. The Balaban J connectivity index is 1.93. The minimum Gasteiger partial charge on any atom is -0.494 e. The highest BCUT2D eigenvalue weighted by molar-refractivity contribution is 6.06. The number of anilines is 1. The van der Waals surface area contributed by atoms with Crippen LogP contribution >= 0.6 is 0 Å². The number of amides is 1. The topological polar surface area (TPSA) is 52.5 Å². The number of carbonyl (C=O) groups excluding carboxylic acids is 1. The lowest BCUT2D eigenvalue weighted by Crippen LogP contribution is -2.14. The molecular formula is C23H26N2O3. The zero-order valence-electron chi connectivity index (χ0n) is 16.8. The van der Waals surface area contributed by atoms with Gasteiger partial charge in [0, 0.05) is 23.1 Å². The second-order valence-electron chi connectivity index (χ2n) is 6.43. The maximum atomic E-state index is 13.0. The fraction of sp³-hybridized carbons (Fsp3) is 0.261. The van der Waals surface area contributed by atoms with Gasteiger partial charge in [-0.05, 0) is 58.0 Å². The van der Waals surface area contributed by atoms with Gasteiger partial charge in [0.1, 0.15) is 11.5 Å². The number of aromatic nitrogens is 1. The van der Waals surface area contributed by atoms with Crippen LogP contribution in [0.4, 0.5) is 5.69 Å². The molecule has 2 aromatic carbocycles. The van der Waals surface area contributed by atoms with Crippen LogP contribution in [0.25, 0.3) is 5.69 Å². The van der Waals surface area contributed by atoms with E-state index in [-0.39, 0.29) is 5.91 Å². The van der Waals surface area contributed by atoms with Gasteiger partial charge in [-0.15, -0.1) is 0 Å². The highest BCUT2D eigenvalue weighted by atomic mass is 16.5. The van der Waals surface area contributed by atoms with E-state index < -0.39 is 0 Å². The van der Waals surface area contributed by atoms with Crippen molar-refractivity contribution in [2.24, 2.45) is 0 Å². The standard InChI is InChI=1S/C23H26N2O3/c1-5-27-19-12-13-22(28-6-2)21(15-19)24-23(26)20-14-16(3)25(17(20)4)18-10-8-7-9-11-18/h7-15H,5-6H2,1-4H3,(H,24,26).